The molecule has 0 radical (unpaired) electrons. The monoisotopic (exact) mass is 406 g/mol. The standard InChI is InChI=1S/C24H23FN2O3/c1-27(14-17-6-3-2-4-7-17)15-20(28)16-29-21-9-5-8-18(12-21)24-22-11-10-19(25)13-23(22)30-26-24/h2-13,20,28H,14-16H2,1H3. The SMILES string of the molecule is CN(Cc1ccccc1)CC(O)COc1cccc(-c2noc3cc(F)ccc23)c1. The molecule has 0 spiro atoms. The van der Waals surface area contributed by atoms with Gasteiger partial charge in [-0.15, -0.1) is 0 Å². The van der Waals surface area contributed by atoms with Crippen molar-refractivity contribution in [2.75, 3.05) is 20.2 Å². The molecule has 0 saturated carbocycles. The average molecular weight is 406 g/mol. The van der Waals surface area contributed by atoms with E-state index in [0.29, 0.717) is 23.6 Å². The Morgan fingerprint density at radius 1 is 1.07 bits per heavy atom. The zero-order chi connectivity index (χ0) is 20.9. The summed E-state index contributed by atoms with van der Waals surface area (Å²) >= 11 is 0. The van der Waals surface area contributed by atoms with Crippen LogP contribution < -0.4 is 4.74 Å². The van der Waals surface area contributed by atoms with E-state index in [-0.39, 0.29) is 12.4 Å². The second kappa shape index (κ2) is 9.07. The highest BCUT2D eigenvalue weighted by molar-refractivity contribution is 5.91. The highest BCUT2D eigenvalue weighted by atomic mass is 19.1. The van der Waals surface area contributed by atoms with E-state index < -0.39 is 6.10 Å². The van der Waals surface area contributed by atoms with E-state index >= 15 is 0 Å². The van der Waals surface area contributed by atoms with Gasteiger partial charge >= 0.3 is 0 Å². The molecule has 0 aliphatic carbocycles. The molecule has 1 unspecified atom stereocenters. The van der Waals surface area contributed by atoms with Gasteiger partial charge in [-0.1, -0.05) is 47.6 Å². The van der Waals surface area contributed by atoms with E-state index in [1.54, 1.807) is 6.07 Å². The lowest BCUT2D eigenvalue weighted by molar-refractivity contribution is 0.0744. The fourth-order valence-electron chi connectivity index (χ4n) is 3.42. The van der Waals surface area contributed by atoms with E-state index in [9.17, 15) is 9.50 Å². The average Bonchev–Trinajstić information content (AvgIpc) is 3.16. The Morgan fingerprint density at radius 2 is 1.90 bits per heavy atom. The van der Waals surface area contributed by atoms with Gasteiger partial charge in [-0.25, -0.2) is 4.39 Å². The number of rotatable bonds is 8. The Balaban J connectivity index is 1.37. The Labute approximate surface area is 174 Å². The summed E-state index contributed by atoms with van der Waals surface area (Å²) in [7, 11) is 1.97. The van der Waals surface area contributed by atoms with Gasteiger partial charge in [-0.05, 0) is 36.9 Å². The maximum Gasteiger partial charge on any atom is 0.170 e. The number of nitrogens with zero attached hydrogens (tertiary/aromatic N) is 2. The van der Waals surface area contributed by atoms with Gasteiger partial charge in [0.2, 0.25) is 0 Å². The molecule has 0 aliphatic rings. The van der Waals surface area contributed by atoms with Crippen molar-refractivity contribution < 1.29 is 18.8 Å². The van der Waals surface area contributed by atoms with Crippen molar-refractivity contribution in [3.63, 3.8) is 0 Å². The molecule has 0 amide bonds. The van der Waals surface area contributed by atoms with Crippen LogP contribution in [0, 0.1) is 5.82 Å². The molecule has 0 fully saturated rings. The Hall–Kier alpha value is -3.22. The Morgan fingerprint density at radius 3 is 2.73 bits per heavy atom. The van der Waals surface area contributed by atoms with Gasteiger partial charge in [-0.3, -0.25) is 4.90 Å². The fraction of sp³-hybridized carbons (Fsp3) is 0.208. The summed E-state index contributed by atoms with van der Waals surface area (Å²) in [4.78, 5) is 2.06. The van der Waals surface area contributed by atoms with Gasteiger partial charge in [-0.2, -0.15) is 0 Å². The van der Waals surface area contributed by atoms with Gasteiger partial charge in [0.25, 0.3) is 0 Å². The lowest BCUT2D eigenvalue weighted by Crippen LogP contribution is -2.32. The third-order valence-electron chi connectivity index (χ3n) is 4.80. The van der Waals surface area contributed by atoms with E-state index in [1.165, 1.54) is 17.7 Å². The highest BCUT2D eigenvalue weighted by Gasteiger charge is 2.13. The van der Waals surface area contributed by atoms with Gasteiger partial charge in [0.15, 0.2) is 5.58 Å². The quantitative estimate of drug-likeness (QED) is 0.467. The van der Waals surface area contributed by atoms with Gasteiger partial charge in [0.05, 0.1) is 0 Å². The topological polar surface area (TPSA) is 58.7 Å². The Kier molecular flexibility index (Phi) is 6.07. The zero-order valence-corrected chi connectivity index (χ0v) is 16.7. The lowest BCUT2D eigenvalue weighted by Gasteiger charge is -2.21. The molecular weight excluding hydrogens is 383 g/mol. The molecule has 0 bridgehead atoms. The summed E-state index contributed by atoms with van der Waals surface area (Å²) in [5, 5.41) is 15.2. The predicted molar refractivity (Wildman–Crippen MR) is 114 cm³/mol. The molecule has 3 aromatic carbocycles. The van der Waals surface area contributed by atoms with Crippen LogP contribution in [0.15, 0.2) is 77.3 Å². The van der Waals surface area contributed by atoms with Crippen LogP contribution in [0.25, 0.3) is 22.2 Å². The van der Waals surface area contributed by atoms with Crippen LogP contribution in [0.2, 0.25) is 0 Å². The first-order valence-electron chi connectivity index (χ1n) is 9.77. The second-order valence-corrected chi connectivity index (χ2v) is 7.35. The third-order valence-corrected chi connectivity index (χ3v) is 4.80. The number of ether oxygens (including phenoxy) is 1. The first kappa shape index (κ1) is 20.1. The smallest absolute Gasteiger partial charge is 0.170 e. The minimum atomic E-state index is -0.627. The number of hydrogen-bond donors (Lipinski definition) is 1. The number of likely N-dealkylation sites (N-methyl/N-ethyl adjacent to an activating group) is 1. The minimum absolute atomic E-state index is 0.174. The molecule has 0 aliphatic heterocycles. The van der Waals surface area contributed by atoms with E-state index in [4.69, 9.17) is 9.26 Å². The molecule has 5 nitrogen and oxygen atoms in total. The molecule has 1 atom stereocenters. The van der Waals surface area contributed by atoms with Crippen LogP contribution in [-0.4, -0.2) is 41.5 Å². The summed E-state index contributed by atoms with van der Waals surface area (Å²) in [6.07, 6.45) is -0.627. The van der Waals surface area contributed by atoms with Crippen LogP contribution in [0.3, 0.4) is 0 Å². The normalized spacial score (nSPS) is 12.4. The second-order valence-electron chi connectivity index (χ2n) is 7.35. The number of benzene rings is 3. The minimum Gasteiger partial charge on any atom is -0.491 e. The van der Waals surface area contributed by atoms with Crippen LogP contribution in [0.4, 0.5) is 4.39 Å². The van der Waals surface area contributed by atoms with Crippen molar-refractivity contribution >= 4 is 11.0 Å². The first-order valence-corrected chi connectivity index (χ1v) is 9.77. The molecule has 6 heteroatoms. The molecule has 30 heavy (non-hydrogen) atoms. The summed E-state index contributed by atoms with van der Waals surface area (Å²) in [6, 6.07) is 21.9. The molecule has 0 saturated heterocycles. The summed E-state index contributed by atoms with van der Waals surface area (Å²) < 4.78 is 24.4. The number of halogens is 1. The summed E-state index contributed by atoms with van der Waals surface area (Å²) in [6.45, 7) is 1.43. The van der Waals surface area contributed by atoms with Crippen LogP contribution in [0.1, 0.15) is 5.56 Å². The molecule has 1 aromatic heterocycles. The number of hydrogen-bond acceptors (Lipinski definition) is 5. The largest absolute Gasteiger partial charge is 0.491 e. The van der Waals surface area contributed by atoms with Crippen molar-refractivity contribution in [1.82, 2.24) is 10.1 Å². The number of fused-ring (bicyclic) bond motifs is 1. The molecular formula is C24H23FN2O3. The van der Waals surface area contributed by atoms with Crippen molar-refractivity contribution in [1.29, 1.82) is 0 Å². The van der Waals surface area contributed by atoms with Crippen LogP contribution in [-0.2, 0) is 6.54 Å². The number of aromatic nitrogens is 1. The summed E-state index contributed by atoms with van der Waals surface area (Å²) in [5.41, 5.74) is 3.01. The molecule has 1 N–H and O–H groups in total. The predicted octanol–water partition coefficient (Wildman–Crippen LogP) is 4.51. The summed E-state index contributed by atoms with van der Waals surface area (Å²) in [5.74, 6) is 0.254. The van der Waals surface area contributed by atoms with Crippen molar-refractivity contribution in [3.05, 3.63) is 84.2 Å². The van der Waals surface area contributed by atoms with Crippen LogP contribution >= 0.6 is 0 Å². The van der Waals surface area contributed by atoms with E-state index in [1.807, 2.05) is 49.5 Å². The van der Waals surface area contributed by atoms with Gasteiger partial charge in [0.1, 0.15) is 30.0 Å². The molecule has 4 rings (SSSR count). The molecule has 4 aromatic rings. The van der Waals surface area contributed by atoms with Crippen molar-refractivity contribution in [2.45, 2.75) is 12.6 Å². The van der Waals surface area contributed by atoms with Gasteiger partial charge in [0, 0.05) is 30.1 Å². The van der Waals surface area contributed by atoms with Crippen molar-refractivity contribution in [2.24, 2.45) is 0 Å². The van der Waals surface area contributed by atoms with E-state index in [2.05, 4.69) is 22.2 Å². The van der Waals surface area contributed by atoms with Crippen molar-refractivity contribution in [3.8, 4) is 17.0 Å². The number of aliphatic hydroxyl groups excluding tert-OH is 1. The number of aliphatic hydroxyl groups is 1. The zero-order valence-electron chi connectivity index (χ0n) is 16.7. The fourth-order valence-corrected chi connectivity index (χ4v) is 3.42. The van der Waals surface area contributed by atoms with E-state index in [0.717, 1.165) is 17.5 Å². The first-order chi connectivity index (χ1) is 14.6. The Bertz CT molecular complexity index is 1110. The lowest BCUT2D eigenvalue weighted by atomic mass is 10.1. The molecule has 1 heterocycles. The maximum atomic E-state index is 13.4. The van der Waals surface area contributed by atoms with Gasteiger partial charge < -0.3 is 14.4 Å². The highest BCUT2D eigenvalue weighted by Crippen LogP contribution is 2.30. The third kappa shape index (κ3) is 4.84. The van der Waals surface area contributed by atoms with Crippen LogP contribution in [0.5, 0.6) is 5.75 Å². The maximum absolute atomic E-state index is 13.4. The molecule has 154 valence electrons.